The number of unbranched alkanes of at least 4 members (excludes halogenated alkanes) is 1. The van der Waals surface area contributed by atoms with Crippen LogP contribution in [0.15, 0.2) is 0 Å². The van der Waals surface area contributed by atoms with E-state index < -0.39 is 0 Å². The Balaban J connectivity index is 1.99. The van der Waals surface area contributed by atoms with Gasteiger partial charge in [0.2, 0.25) is 0 Å². The van der Waals surface area contributed by atoms with Gasteiger partial charge in [0.1, 0.15) is 0 Å². The summed E-state index contributed by atoms with van der Waals surface area (Å²) in [7, 11) is 2.29. The summed E-state index contributed by atoms with van der Waals surface area (Å²) in [4.78, 5) is 2.55. The van der Waals surface area contributed by atoms with E-state index in [2.05, 4.69) is 24.2 Å². The Labute approximate surface area is 95.4 Å². The van der Waals surface area contributed by atoms with E-state index in [9.17, 15) is 0 Å². The first-order chi connectivity index (χ1) is 7.34. The first-order valence-electron chi connectivity index (χ1n) is 6.75. The van der Waals surface area contributed by atoms with Crippen LogP contribution in [0, 0.1) is 0 Å². The van der Waals surface area contributed by atoms with Crippen LogP contribution in [0.25, 0.3) is 0 Å². The molecule has 1 aliphatic carbocycles. The molecule has 0 aromatic carbocycles. The summed E-state index contributed by atoms with van der Waals surface area (Å²) >= 11 is 0. The molecule has 1 fully saturated rings. The van der Waals surface area contributed by atoms with Crippen molar-refractivity contribution >= 4 is 0 Å². The second-order valence-electron chi connectivity index (χ2n) is 4.88. The zero-order chi connectivity index (χ0) is 10.9. The summed E-state index contributed by atoms with van der Waals surface area (Å²) in [6.07, 6.45) is 9.80. The molecule has 90 valence electrons. The number of likely N-dealkylation sites (N-methyl/N-ethyl adjacent to an activating group) is 1. The molecule has 0 unspecified atom stereocenters. The first kappa shape index (κ1) is 13.0. The molecule has 0 bridgehead atoms. The van der Waals surface area contributed by atoms with E-state index in [4.69, 9.17) is 0 Å². The molecule has 0 spiro atoms. The third-order valence-electron chi connectivity index (χ3n) is 3.55. The van der Waals surface area contributed by atoms with Gasteiger partial charge in [0.25, 0.3) is 0 Å². The average molecular weight is 212 g/mol. The van der Waals surface area contributed by atoms with E-state index >= 15 is 0 Å². The Morgan fingerprint density at radius 2 is 1.87 bits per heavy atom. The van der Waals surface area contributed by atoms with Gasteiger partial charge in [-0.15, -0.1) is 0 Å². The third kappa shape index (κ3) is 5.53. The Morgan fingerprint density at radius 3 is 2.53 bits per heavy atom. The highest BCUT2D eigenvalue weighted by Crippen LogP contribution is 2.20. The fourth-order valence-electron chi connectivity index (χ4n) is 2.39. The van der Waals surface area contributed by atoms with Crippen molar-refractivity contribution in [2.75, 3.05) is 26.7 Å². The fourth-order valence-corrected chi connectivity index (χ4v) is 2.39. The minimum absolute atomic E-state index is 0.867. The summed E-state index contributed by atoms with van der Waals surface area (Å²) in [5.41, 5.74) is 0. The zero-order valence-corrected chi connectivity index (χ0v) is 10.6. The third-order valence-corrected chi connectivity index (χ3v) is 3.55. The second-order valence-corrected chi connectivity index (χ2v) is 4.88. The van der Waals surface area contributed by atoms with Crippen molar-refractivity contribution in [1.29, 1.82) is 0 Å². The van der Waals surface area contributed by atoms with Gasteiger partial charge >= 0.3 is 0 Å². The van der Waals surface area contributed by atoms with E-state index in [-0.39, 0.29) is 0 Å². The maximum Gasteiger partial charge on any atom is 0.0107 e. The summed E-state index contributed by atoms with van der Waals surface area (Å²) in [6, 6.07) is 0.867. The smallest absolute Gasteiger partial charge is 0.0107 e. The highest BCUT2D eigenvalue weighted by Gasteiger charge is 2.16. The van der Waals surface area contributed by atoms with Gasteiger partial charge in [-0.1, -0.05) is 32.6 Å². The van der Waals surface area contributed by atoms with Crippen molar-refractivity contribution in [1.82, 2.24) is 10.2 Å². The van der Waals surface area contributed by atoms with E-state index in [1.807, 2.05) is 0 Å². The van der Waals surface area contributed by atoms with Gasteiger partial charge in [-0.05, 0) is 32.9 Å². The van der Waals surface area contributed by atoms with Crippen molar-refractivity contribution in [2.45, 2.75) is 57.9 Å². The van der Waals surface area contributed by atoms with Crippen LogP contribution in [0.5, 0.6) is 0 Å². The Hall–Kier alpha value is -0.0800. The van der Waals surface area contributed by atoms with E-state index in [1.165, 1.54) is 58.0 Å². The van der Waals surface area contributed by atoms with Crippen LogP contribution < -0.4 is 5.32 Å². The van der Waals surface area contributed by atoms with Crippen LogP contribution in [0.1, 0.15) is 51.9 Å². The van der Waals surface area contributed by atoms with Gasteiger partial charge in [-0.2, -0.15) is 0 Å². The molecule has 0 atom stereocenters. The van der Waals surface area contributed by atoms with E-state index in [0.717, 1.165) is 12.6 Å². The predicted octanol–water partition coefficient (Wildman–Crippen LogP) is 2.64. The molecule has 0 radical (unpaired) electrons. The molecule has 0 aromatic rings. The molecule has 1 aliphatic rings. The Kier molecular flexibility index (Phi) is 7.03. The highest BCUT2D eigenvalue weighted by atomic mass is 15.1. The average Bonchev–Trinajstić information content (AvgIpc) is 2.30. The Bertz CT molecular complexity index is 141. The lowest BCUT2D eigenvalue weighted by molar-refractivity contribution is 0.192. The van der Waals surface area contributed by atoms with Crippen molar-refractivity contribution in [3.63, 3.8) is 0 Å². The van der Waals surface area contributed by atoms with Crippen LogP contribution in [-0.4, -0.2) is 37.6 Å². The number of nitrogens with zero attached hydrogens (tertiary/aromatic N) is 1. The van der Waals surface area contributed by atoms with Gasteiger partial charge < -0.3 is 10.2 Å². The van der Waals surface area contributed by atoms with Crippen molar-refractivity contribution in [2.24, 2.45) is 0 Å². The van der Waals surface area contributed by atoms with Gasteiger partial charge in [0.05, 0.1) is 0 Å². The standard InChI is InChI=1S/C13H28N2/c1-3-4-10-14-11-12-15(2)13-8-6-5-7-9-13/h13-14H,3-12H2,1-2H3. The monoisotopic (exact) mass is 212 g/mol. The molecule has 1 saturated carbocycles. The molecular weight excluding hydrogens is 184 g/mol. The lowest BCUT2D eigenvalue weighted by atomic mass is 9.94. The molecule has 0 heterocycles. The molecule has 0 amide bonds. The van der Waals surface area contributed by atoms with Gasteiger partial charge in [-0.25, -0.2) is 0 Å². The largest absolute Gasteiger partial charge is 0.315 e. The van der Waals surface area contributed by atoms with Crippen molar-refractivity contribution < 1.29 is 0 Å². The van der Waals surface area contributed by atoms with Gasteiger partial charge in [0, 0.05) is 19.1 Å². The van der Waals surface area contributed by atoms with Gasteiger partial charge in [-0.3, -0.25) is 0 Å². The summed E-state index contributed by atoms with van der Waals surface area (Å²) < 4.78 is 0. The second kappa shape index (κ2) is 8.12. The number of hydrogen-bond acceptors (Lipinski definition) is 2. The van der Waals surface area contributed by atoms with Crippen LogP contribution in [0.2, 0.25) is 0 Å². The SMILES string of the molecule is CCCCNCCN(C)C1CCCCC1. The first-order valence-corrected chi connectivity index (χ1v) is 6.75. The summed E-state index contributed by atoms with van der Waals surface area (Å²) in [6.45, 7) is 5.81. The zero-order valence-electron chi connectivity index (χ0n) is 10.6. The van der Waals surface area contributed by atoms with Crippen LogP contribution in [0.4, 0.5) is 0 Å². The summed E-state index contributed by atoms with van der Waals surface area (Å²) in [5.74, 6) is 0. The minimum Gasteiger partial charge on any atom is -0.315 e. The normalized spacial score (nSPS) is 18.6. The lowest BCUT2D eigenvalue weighted by Gasteiger charge is -2.31. The maximum atomic E-state index is 3.51. The lowest BCUT2D eigenvalue weighted by Crippen LogP contribution is -2.38. The van der Waals surface area contributed by atoms with Crippen molar-refractivity contribution in [3.8, 4) is 0 Å². The molecular formula is C13H28N2. The van der Waals surface area contributed by atoms with Crippen LogP contribution >= 0.6 is 0 Å². The topological polar surface area (TPSA) is 15.3 Å². The number of hydrogen-bond donors (Lipinski definition) is 1. The van der Waals surface area contributed by atoms with Crippen molar-refractivity contribution in [3.05, 3.63) is 0 Å². The number of nitrogens with one attached hydrogen (secondary N) is 1. The molecule has 1 rings (SSSR count). The predicted molar refractivity (Wildman–Crippen MR) is 67.3 cm³/mol. The van der Waals surface area contributed by atoms with Crippen LogP contribution in [0.3, 0.4) is 0 Å². The Morgan fingerprint density at radius 1 is 1.13 bits per heavy atom. The molecule has 0 aliphatic heterocycles. The molecule has 0 aromatic heterocycles. The van der Waals surface area contributed by atoms with E-state index in [1.54, 1.807) is 0 Å². The molecule has 15 heavy (non-hydrogen) atoms. The summed E-state index contributed by atoms with van der Waals surface area (Å²) in [5, 5.41) is 3.51. The quantitative estimate of drug-likeness (QED) is 0.653. The molecule has 1 N–H and O–H groups in total. The molecule has 2 nitrogen and oxygen atoms in total. The molecule has 2 heteroatoms. The van der Waals surface area contributed by atoms with Gasteiger partial charge in [0.15, 0.2) is 0 Å². The highest BCUT2D eigenvalue weighted by molar-refractivity contribution is 4.73. The molecule has 0 saturated heterocycles. The maximum absolute atomic E-state index is 3.51. The number of rotatable bonds is 7. The van der Waals surface area contributed by atoms with E-state index in [0.29, 0.717) is 0 Å². The van der Waals surface area contributed by atoms with Crippen LogP contribution in [-0.2, 0) is 0 Å². The fraction of sp³-hybridized carbons (Fsp3) is 1.00. The minimum atomic E-state index is 0.867.